The molecule has 2 aromatic carbocycles. The van der Waals surface area contributed by atoms with Gasteiger partial charge in [-0.2, -0.15) is 13.2 Å². The zero-order valence-electron chi connectivity index (χ0n) is 18.3. The maximum Gasteiger partial charge on any atom is 0.490 e. The van der Waals surface area contributed by atoms with Gasteiger partial charge >= 0.3 is 18.2 Å². The highest BCUT2D eigenvalue weighted by Crippen LogP contribution is 2.27. The molecule has 176 valence electrons. The molecule has 0 radical (unpaired) electrons. The Morgan fingerprint density at radius 2 is 1.59 bits per heavy atom. The number of amides is 1. The van der Waals surface area contributed by atoms with Crippen LogP contribution in [0.2, 0.25) is 0 Å². The van der Waals surface area contributed by atoms with E-state index in [1.807, 2.05) is 54.6 Å². The van der Waals surface area contributed by atoms with Crippen molar-refractivity contribution in [1.82, 2.24) is 0 Å². The molecule has 2 N–H and O–H groups in total. The van der Waals surface area contributed by atoms with Crippen molar-refractivity contribution in [2.45, 2.75) is 52.1 Å². The minimum Gasteiger partial charge on any atom is -0.475 e. The van der Waals surface area contributed by atoms with E-state index in [0.717, 1.165) is 29.7 Å². The molecule has 0 saturated carbocycles. The number of nitrogens with one attached hydrogen (secondary N) is 1. The second-order valence-corrected chi connectivity index (χ2v) is 7.21. The molecular weight excluding hydrogens is 423 g/mol. The summed E-state index contributed by atoms with van der Waals surface area (Å²) in [4.78, 5) is 21.1. The van der Waals surface area contributed by atoms with Gasteiger partial charge in [0, 0.05) is 5.56 Å². The lowest BCUT2D eigenvalue weighted by atomic mass is 10.00. The number of aliphatic carboxylic acids is 1. The second kappa shape index (κ2) is 14.1. The van der Waals surface area contributed by atoms with Crippen molar-refractivity contribution in [3.63, 3.8) is 0 Å². The van der Waals surface area contributed by atoms with E-state index in [0.29, 0.717) is 12.5 Å². The molecule has 0 fully saturated rings. The maximum atomic E-state index is 12.2. The fraction of sp³-hybridized carbons (Fsp3) is 0.417. The van der Waals surface area contributed by atoms with Crippen LogP contribution in [0.1, 0.15) is 46.0 Å². The van der Waals surface area contributed by atoms with E-state index < -0.39 is 12.1 Å². The number of carboxylic acids is 1. The zero-order chi connectivity index (χ0) is 24.0. The van der Waals surface area contributed by atoms with Gasteiger partial charge in [0.15, 0.2) is 0 Å². The Kier molecular flexibility index (Phi) is 11.9. The van der Waals surface area contributed by atoms with Crippen LogP contribution in [0.3, 0.4) is 0 Å². The average molecular weight is 454 g/mol. The predicted octanol–water partition coefficient (Wildman–Crippen LogP) is 7.14. The van der Waals surface area contributed by atoms with Gasteiger partial charge in [-0.15, -0.1) is 0 Å². The van der Waals surface area contributed by atoms with Gasteiger partial charge in [0.1, 0.15) is 0 Å². The normalized spacial score (nSPS) is 11.7. The van der Waals surface area contributed by atoms with Gasteiger partial charge in [0.25, 0.3) is 0 Å². The Morgan fingerprint density at radius 1 is 1.00 bits per heavy atom. The number of alkyl halides is 3. The summed E-state index contributed by atoms with van der Waals surface area (Å²) in [5.41, 5.74) is 2.84. The molecule has 2 aromatic rings. The van der Waals surface area contributed by atoms with Crippen LogP contribution in [-0.4, -0.2) is 30.0 Å². The van der Waals surface area contributed by atoms with E-state index in [4.69, 9.17) is 14.6 Å². The molecule has 1 unspecified atom stereocenters. The lowest BCUT2D eigenvalue weighted by molar-refractivity contribution is -0.192. The van der Waals surface area contributed by atoms with E-state index >= 15 is 0 Å². The Bertz CT molecular complexity index is 825. The highest BCUT2D eigenvalue weighted by atomic mass is 19.4. The van der Waals surface area contributed by atoms with Crippen LogP contribution in [-0.2, 0) is 9.53 Å². The molecule has 0 saturated heterocycles. The van der Waals surface area contributed by atoms with Crippen LogP contribution in [0.5, 0.6) is 0 Å². The second-order valence-electron chi connectivity index (χ2n) is 7.21. The summed E-state index contributed by atoms with van der Waals surface area (Å²) in [7, 11) is 0. The van der Waals surface area contributed by atoms with Gasteiger partial charge in [-0.1, -0.05) is 88.1 Å². The number of hydrogen-bond donors (Lipinski definition) is 2. The Balaban J connectivity index is 0.000000633. The molecular formula is C24H30F3NO4. The van der Waals surface area contributed by atoms with E-state index in [2.05, 4.69) is 19.2 Å². The molecule has 1 amide bonds. The number of ether oxygens (including phenoxy) is 1. The Hall–Kier alpha value is -3.03. The number of para-hydroxylation sites is 1. The molecule has 0 aromatic heterocycles. The van der Waals surface area contributed by atoms with Gasteiger partial charge in [0.2, 0.25) is 0 Å². The standard InChI is InChI=1S/C22H29NO2.C2HF3O2/c1-3-5-7-12-18(4-2)17-25-22(24)23-21-16-11-10-15-20(21)19-13-8-6-9-14-19;3-2(4,5)1(6)7/h6,8-11,13-16,18H,3-5,7,12,17H2,1-2H3,(H,23,24);(H,6,7). The Morgan fingerprint density at radius 3 is 2.16 bits per heavy atom. The predicted molar refractivity (Wildman–Crippen MR) is 118 cm³/mol. The van der Waals surface area contributed by atoms with Crippen LogP contribution in [0.15, 0.2) is 54.6 Å². The molecule has 2 rings (SSSR count). The summed E-state index contributed by atoms with van der Waals surface area (Å²) in [6.45, 7) is 4.84. The number of unbranched alkanes of at least 4 members (excludes halogenated alkanes) is 2. The molecule has 0 bridgehead atoms. The Labute approximate surface area is 186 Å². The van der Waals surface area contributed by atoms with Crippen molar-refractivity contribution in [3.05, 3.63) is 54.6 Å². The molecule has 8 heteroatoms. The zero-order valence-corrected chi connectivity index (χ0v) is 18.3. The number of rotatable bonds is 9. The van der Waals surface area contributed by atoms with Crippen LogP contribution in [0.25, 0.3) is 11.1 Å². The highest BCUT2D eigenvalue weighted by Gasteiger charge is 2.38. The molecule has 1 atom stereocenters. The third-order valence-corrected chi connectivity index (χ3v) is 4.73. The topological polar surface area (TPSA) is 75.6 Å². The summed E-state index contributed by atoms with van der Waals surface area (Å²) < 4.78 is 37.2. The average Bonchev–Trinajstić information content (AvgIpc) is 2.77. The lowest BCUT2D eigenvalue weighted by Crippen LogP contribution is -2.21. The lowest BCUT2D eigenvalue weighted by Gasteiger charge is -2.16. The summed E-state index contributed by atoms with van der Waals surface area (Å²) in [5.74, 6) is -2.31. The molecule has 0 spiro atoms. The molecule has 0 aliphatic heterocycles. The smallest absolute Gasteiger partial charge is 0.475 e. The number of anilines is 1. The first kappa shape index (κ1) is 27.0. The summed E-state index contributed by atoms with van der Waals surface area (Å²) in [5, 5.41) is 10.0. The third kappa shape index (κ3) is 10.3. The number of halogens is 3. The minimum absolute atomic E-state index is 0.377. The van der Waals surface area contributed by atoms with Gasteiger partial charge in [-0.25, -0.2) is 9.59 Å². The van der Waals surface area contributed by atoms with Crippen LogP contribution in [0.4, 0.5) is 23.7 Å². The van der Waals surface area contributed by atoms with Gasteiger partial charge in [-0.3, -0.25) is 5.32 Å². The minimum atomic E-state index is -5.08. The third-order valence-electron chi connectivity index (χ3n) is 4.73. The maximum absolute atomic E-state index is 12.2. The van der Waals surface area contributed by atoms with Gasteiger partial charge < -0.3 is 9.84 Å². The SMILES string of the molecule is CCCCCC(CC)COC(=O)Nc1ccccc1-c1ccccc1.O=C(O)C(F)(F)F. The monoisotopic (exact) mass is 453 g/mol. The van der Waals surface area contributed by atoms with E-state index in [-0.39, 0.29) is 6.09 Å². The van der Waals surface area contributed by atoms with Crippen molar-refractivity contribution in [2.75, 3.05) is 11.9 Å². The van der Waals surface area contributed by atoms with Crippen LogP contribution in [0, 0.1) is 5.92 Å². The van der Waals surface area contributed by atoms with E-state index in [9.17, 15) is 18.0 Å². The van der Waals surface area contributed by atoms with Crippen LogP contribution < -0.4 is 5.32 Å². The first-order chi connectivity index (χ1) is 15.2. The largest absolute Gasteiger partial charge is 0.490 e. The fourth-order valence-electron chi connectivity index (χ4n) is 2.89. The number of hydrogen-bond acceptors (Lipinski definition) is 3. The molecule has 0 aliphatic rings. The summed E-state index contributed by atoms with van der Waals surface area (Å²) in [6, 6.07) is 17.8. The van der Waals surface area contributed by atoms with Gasteiger partial charge in [0.05, 0.1) is 12.3 Å². The van der Waals surface area contributed by atoms with Gasteiger partial charge in [-0.05, 0) is 24.0 Å². The number of carbonyl (C=O) groups is 2. The summed E-state index contributed by atoms with van der Waals surface area (Å²) >= 11 is 0. The molecule has 5 nitrogen and oxygen atoms in total. The summed E-state index contributed by atoms with van der Waals surface area (Å²) in [6.07, 6.45) is 0.366. The van der Waals surface area contributed by atoms with Crippen molar-refractivity contribution in [2.24, 2.45) is 5.92 Å². The van der Waals surface area contributed by atoms with Crippen molar-refractivity contribution < 1.29 is 32.6 Å². The number of carboxylic acid groups (broad SMARTS) is 1. The first-order valence-electron chi connectivity index (χ1n) is 10.6. The fourth-order valence-corrected chi connectivity index (χ4v) is 2.89. The molecule has 32 heavy (non-hydrogen) atoms. The first-order valence-corrected chi connectivity index (χ1v) is 10.6. The van der Waals surface area contributed by atoms with Crippen molar-refractivity contribution in [1.29, 1.82) is 0 Å². The number of benzene rings is 2. The van der Waals surface area contributed by atoms with E-state index in [1.165, 1.54) is 19.3 Å². The van der Waals surface area contributed by atoms with Crippen molar-refractivity contribution >= 4 is 17.7 Å². The quantitative estimate of drug-likeness (QED) is 0.396. The number of carbonyl (C=O) groups excluding carboxylic acids is 1. The van der Waals surface area contributed by atoms with E-state index in [1.54, 1.807) is 0 Å². The van der Waals surface area contributed by atoms with Crippen LogP contribution >= 0.6 is 0 Å². The molecule has 0 aliphatic carbocycles. The van der Waals surface area contributed by atoms with Crippen molar-refractivity contribution in [3.8, 4) is 11.1 Å². The highest BCUT2D eigenvalue weighted by molar-refractivity contribution is 5.91. The molecule has 0 heterocycles.